The molecule has 24 heavy (non-hydrogen) atoms. The predicted octanol–water partition coefficient (Wildman–Crippen LogP) is 1.98. The van der Waals surface area contributed by atoms with Crippen LogP contribution in [0.3, 0.4) is 0 Å². The van der Waals surface area contributed by atoms with E-state index in [1.807, 2.05) is 30.3 Å². The zero-order valence-corrected chi connectivity index (χ0v) is 13.1. The Kier molecular flexibility index (Phi) is 4.37. The van der Waals surface area contributed by atoms with Gasteiger partial charge in [-0.05, 0) is 29.5 Å². The number of carbonyl (C=O) groups is 2. The van der Waals surface area contributed by atoms with E-state index >= 15 is 0 Å². The van der Waals surface area contributed by atoms with Crippen LogP contribution in [-0.4, -0.2) is 36.9 Å². The molecule has 0 saturated carbocycles. The number of carbonyl (C=O) groups excluding carboxylic acids is 1. The van der Waals surface area contributed by atoms with Crippen LogP contribution in [0.4, 0.5) is 0 Å². The van der Waals surface area contributed by atoms with E-state index in [4.69, 9.17) is 19.3 Å². The van der Waals surface area contributed by atoms with E-state index in [0.29, 0.717) is 18.1 Å². The molecule has 0 atom stereocenters. The van der Waals surface area contributed by atoms with Gasteiger partial charge in [0.2, 0.25) is 0 Å². The number of rotatable bonds is 7. The summed E-state index contributed by atoms with van der Waals surface area (Å²) < 4.78 is 15.8. The third-order valence-corrected chi connectivity index (χ3v) is 3.59. The Morgan fingerprint density at radius 3 is 1.96 bits per heavy atom. The van der Waals surface area contributed by atoms with Crippen LogP contribution in [0, 0.1) is 20.9 Å². The molecule has 2 aromatic rings. The lowest BCUT2D eigenvalue weighted by Gasteiger charge is -2.11. The number of carboxylic acids is 1. The van der Waals surface area contributed by atoms with Crippen molar-refractivity contribution in [3.05, 3.63) is 57.3 Å². The molecule has 0 aromatic heterocycles. The van der Waals surface area contributed by atoms with Gasteiger partial charge in [0.1, 0.15) is 11.5 Å². The van der Waals surface area contributed by atoms with Gasteiger partial charge in [0, 0.05) is 10.4 Å². The van der Waals surface area contributed by atoms with Crippen molar-refractivity contribution in [3.63, 3.8) is 0 Å². The molecule has 2 aromatic carbocycles. The number of hydrogen-bond acceptors (Lipinski definition) is 5. The van der Waals surface area contributed by atoms with E-state index in [9.17, 15) is 9.59 Å². The Balaban J connectivity index is 2.02. The molecule has 4 aliphatic carbocycles. The van der Waals surface area contributed by atoms with Crippen LogP contribution in [0.25, 0.3) is 0 Å². The molecule has 0 amide bonds. The Labute approximate surface area is 137 Å². The number of hydrogen-bond donors (Lipinski definition) is 1. The highest BCUT2D eigenvalue weighted by molar-refractivity contribution is 5.71. The highest BCUT2D eigenvalue weighted by Crippen LogP contribution is 2.24. The summed E-state index contributed by atoms with van der Waals surface area (Å²) >= 11 is 0. The van der Waals surface area contributed by atoms with Crippen LogP contribution in [0.2, 0.25) is 0 Å². The third-order valence-electron chi connectivity index (χ3n) is 3.59. The molecule has 0 heterocycles. The van der Waals surface area contributed by atoms with E-state index < -0.39 is 18.5 Å². The lowest BCUT2D eigenvalue weighted by molar-refractivity contribution is -0.145. The van der Waals surface area contributed by atoms with Crippen molar-refractivity contribution in [3.8, 4) is 11.5 Å². The largest absolute Gasteiger partial charge is 0.481 e. The van der Waals surface area contributed by atoms with Gasteiger partial charge in [0.25, 0.3) is 0 Å². The molecule has 0 saturated heterocycles. The van der Waals surface area contributed by atoms with E-state index in [1.165, 1.54) is 0 Å². The maximum atomic E-state index is 11.5. The fraction of sp³-hybridized carbons (Fsp3) is 0.222. The first kappa shape index (κ1) is 15.9. The van der Waals surface area contributed by atoms with Crippen LogP contribution < -0.4 is 9.47 Å². The Hall–Kier alpha value is -3.02. The second-order valence-corrected chi connectivity index (χ2v) is 5.20. The average molecular weight is 328 g/mol. The minimum absolute atomic E-state index is 0.164. The van der Waals surface area contributed by atoms with E-state index in [0.717, 1.165) is 20.9 Å². The van der Waals surface area contributed by atoms with Crippen LogP contribution in [0.15, 0.2) is 36.4 Å². The smallest absolute Gasteiger partial charge is 0.344 e. The van der Waals surface area contributed by atoms with Crippen LogP contribution in [-0.2, 0) is 14.3 Å². The first-order chi connectivity index (χ1) is 11.6. The molecule has 0 aliphatic heterocycles. The normalized spacial score (nSPS) is 10.9. The van der Waals surface area contributed by atoms with Crippen molar-refractivity contribution >= 4 is 11.9 Å². The average Bonchev–Trinajstić information content (AvgIpc) is 2.55. The molecular formula is C18H16O6. The standard InChI is InChI=1S/C18H16O6/c1-2-22-18(21)10-24-16-8-12-4-6-14(16)11-3-5-13(12)15(7-11)23-9-17(19)20/h3-8H,2,9-10H2,1H3,(H,19,20). The maximum absolute atomic E-state index is 11.5. The number of esters is 1. The van der Waals surface area contributed by atoms with Crippen molar-refractivity contribution in [2.75, 3.05) is 19.8 Å². The van der Waals surface area contributed by atoms with Crippen LogP contribution in [0.1, 0.15) is 6.92 Å². The molecule has 4 bridgehead atoms. The Morgan fingerprint density at radius 2 is 1.46 bits per heavy atom. The third kappa shape index (κ3) is 3.17. The quantitative estimate of drug-likeness (QED) is 0.668. The van der Waals surface area contributed by atoms with Crippen molar-refractivity contribution < 1.29 is 28.9 Å². The molecule has 6 rings (SSSR count). The van der Waals surface area contributed by atoms with Crippen LogP contribution >= 0.6 is 0 Å². The molecule has 1 N–H and O–H groups in total. The van der Waals surface area contributed by atoms with Gasteiger partial charge in [0.05, 0.1) is 6.61 Å². The number of ether oxygens (including phenoxy) is 3. The van der Waals surface area contributed by atoms with Crippen molar-refractivity contribution in [2.45, 2.75) is 6.92 Å². The summed E-state index contributed by atoms with van der Waals surface area (Å²) in [7, 11) is 0. The minimum atomic E-state index is -1.03. The molecule has 4 aliphatic rings. The second-order valence-electron chi connectivity index (χ2n) is 5.20. The fourth-order valence-electron chi connectivity index (χ4n) is 2.57. The van der Waals surface area contributed by atoms with Crippen LogP contribution in [0.5, 0.6) is 11.5 Å². The topological polar surface area (TPSA) is 82.1 Å². The van der Waals surface area contributed by atoms with Crippen molar-refractivity contribution in [1.82, 2.24) is 0 Å². The zero-order chi connectivity index (χ0) is 17.1. The molecule has 0 unspecified atom stereocenters. The molecule has 0 fully saturated rings. The monoisotopic (exact) mass is 328 g/mol. The Morgan fingerprint density at radius 1 is 0.917 bits per heavy atom. The molecule has 124 valence electrons. The lowest BCUT2D eigenvalue weighted by atomic mass is 10.1. The highest BCUT2D eigenvalue weighted by atomic mass is 16.6. The SMILES string of the molecule is CCOC(=O)COc1cc2ccc1=c1ccc=2c(OCC(=O)O)c1. The Bertz CT molecular complexity index is 980. The van der Waals surface area contributed by atoms with Gasteiger partial charge in [-0.15, -0.1) is 0 Å². The van der Waals surface area contributed by atoms with Crippen molar-refractivity contribution in [2.24, 2.45) is 0 Å². The molecule has 6 nitrogen and oxygen atoms in total. The molecule has 6 heteroatoms. The minimum Gasteiger partial charge on any atom is -0.481 e. The number of benzene rings is 2. The summed E-state index contributed by atoms with van der Waals surface area (Å²) in [4.78, 5) is 22.2. The lowest BCUT2D eigenvalue weighted by Crippen LogP contribution is -2.15. The van der Waals surface area contributed by atoms with E-state index in [-0.39, 0.29) is 6.61 Å². The fourth-order valence-corrected chi connectivity index (χ4v) is 2.57. The summed E-state index contributed by atoms with van der Waals surface area (Å²) in [6.45, 7) is 1.48. The van der Waals surface area contributed by atoms with Gasteiger partial charge in [0.15, 0.2) is 13.2 Å². The first-order valence-corrected chi connectivity index (χ1v) is 7.50. The van der Waals surface area contributed by atoms with E-state index in [1.54, 1.807) is 13.0 Å². The zero-order valence-electron chi connectivity index (χ0n) is 13.1. The van der Waals surface area contributed by atoms with Gasteiger partial charge < -0.3 is 19.3 Å². The van der Waals surface area contributed by atoms with Gasteiger partial charge in [-0.1, -0.05) is 24.3 Å². The van der Waals surface area contributed by atoms with Gasteiger partial charge in [-0.2, -0.15) is 0 Å². The predicted molar refractivity (Wildman–Crippen MR) is 83.5 cm³/mol. The first-order valence-electron chi connectivity index (χ1n) is 7.50. The second kappa shape index (κ2) is 6.62. The van der Waals surface area contributed by atoms with Crippen molar-refractivity contribution in [1.29, 1.82) is 0 Å². The number of carboxylic acid groups (broad SMARTS) is 1. The summed E-state index contributed by atoms with van der Waals surface area (Å²) in [5.74, 6) is -0.376. The summed E-state index contributed by atoms with van der Waals surface area (Å²) in [5.41, 5.74) is 0. The summed E-state index contributed by atoms with van der Waals surface area (Å²) in [5, 5.41) is 12.0. The summed E-state index contributed by atoms with van der Waals surface area (Å²) in [6, 6.07) is 11.2. The van der Waals surface area contributed by atoms with E-state index in [2.05, 4.69) is 0 Å². The maximum Gasteiger partial charge on any atom is 0.344 e. The summed E-state index contributed by atoms with van der Waals surface area (Å²) in [6.07, 6.45) is 0. The number of aliphatic carboxylic acids is 1. The van der Waals surface area contributed by atoms with Gasteiger partial charge in [-0.25, -0.2) is 9.59 Å². The molecule has 0 spiro atoms. The molecule has 0 radical (unpaired) electrons. The highest BCUT2D eigenvalue weighted by Gasteiger charge is 2.09. The van der Waals surface area contributed by atoms with Gasteiger partial charge >= 0.3 is 11.9 Å². The van der Waals surface area contributed by atoms with Gasteiger partial charge in [-0.3, -0.25) is 0 Å². The molecular weight excluding hydrogens is 312 g/mol.